The Balaban J connectivity index is 1.37. The predicted molar refractivity (Wildman–Crippen MR) is 150 cm³/mol. The van der Waals surface area contributed by atoms with Gasteiger partial charge in [0.2, 0.25) is 0 Å². The lowest BCUT2D eigenvalue weighted by atomic mass is 10.0. The van der Waals surface area contributed by atoms with Crippen LogP contribution in [0.15, 0.2) is 103 Å². The first-order valence-corrected chi connectivity index (χ1v) is 12.5. The Morgan fingerprint density at radius 3 is 1.95 bits per heavy atom. The highest BCUT2D eigenvalue weighted by molar-refractivity contribution is 6.09. The first-order valence-electron chi connectivity index (χ1n) is 12.5. The van der Waals surface area contributed by atoms with Crippen LogP contribution in [-0.4, -0.2) is 21.7 Å². The Morgan fingerprint density at radius 2 is 1.32 bits per heavy atom. The second kappa shape index (κ2) is 9.14. The Labute approximate surface area is 215 Å². The van der Waals surface area contributed by atoms with E-state index in [1.54, 1.807) is 0 Å². The summed E-state index contributed by atoms with van der Waals surface area (Å²) in [6, 6.07) is 35.1. The molecule has 1 aromatic heterocycles. The normalized spacial score (nSPS) is 12.3. The summed E-state index contributed by atoms with van der Waals surface area (Å²) in [5.74, 6) is -0.351. The molecular formula is C33H27NO3. The summed E-state index contributed by atoms with van der Waals surface area (Å²) in [5.41, 5.74) is 6.04. The second-order valence-corrected chi connectivity index (χ2v) is 9.61. The summed E-state index contributed by atoms with van der Waals surface area (Å²) in [4.78, 5) is 12.2. The molecule has 1 unspecified atom stereocenters. The van der Waals surface area contributed by atoms with Gasteiger partial charge >= 0.3 is 5.97 Å². The van der Waals surface area contributed by atoms with E-state index in [0.717, 1.165) is 44.2 Å². The number of nitrogens with zero attached hydrogens (tertiary/aromatic N) is 1. The zero-order chi connectivity index (χ0) is 25.5. The van der Waals surface area contributed by atoms with E-state index in [9.17, 15) is 9.90 Å². The van der Waals surface area contributed by atoms with Gasteiger partial charge in [0.1, 0.15) is 5.75 Å². The summed E-state index contributed by atoms with van der Waals surface area (Å²) in [6.07, 6.45) is -0.703. The largest absolute Gasteiger partial charge is 0.478 e. The Hall–Kier alpha value is -4.57. The van der Waals surface area contributed by atoms with E-state index in [2.05, 4.69) is 71.3 Å². The highest BCUT2D eigenvalue weighted by Crippen LogP contribution is 2.35. The van der Waals surface area contributed by atoms with Crippen LogP contribution in [0.1, 0.15) is 16.7 Å². The molecule has 4 heteroatoms. The van der Waals surface area contributed by atoms with Crippen molar-refractivity contribution in [2.75, 3.05) is 0 Å². The maximum Gasteiger partial charge on any atom is 0.345 e. The smallest absolute Gasteiger partial charge is 0.345 e. The summed E-state index contributed by atoms with van der Waals surface area (Å²) in [6.45, 7) is 3.96. The summed E-state index contributed by atoms with van der Waals surface area (Å²) in [7, 11) is 0. The van der Waals surface area contributed by atoms with Crippen molar-refractivity contribution in [1.29, 1.82) is 0 Å². The number of fused-ring (bicyclic) bond motifs is 4. The number of aryl methyl sites for hydroxylation is 2. The van der Waals surface area contributed by atoms with Crippen LogP contribution in [0.3, 0.4) is 0 Å². The van der Waals surface area contributed by atoms with Crippen LogP contribution >= 0.6 is 0 Å². The molecule has 5 aromatic carbocycles. The number of carboxylic acids is 1. The van der Waals surface area contributed by atoms with Crippen molar-refractivity contribution < 1.29 is 14.6 Å². The van der Waals surface area contributed by atoms with Crippen molar-refractivity contribution >= 4 is 38.5 Å². The van der Waals surface area contributed by atoms with Crippen molar-refractivity contribution in [2.24, 2.45) is 0 Å². The van der Waals surface area contributed by atoms with Gasteiger partial charge in [-0.15, -0.1) is 0 Å². The third-order valence-corrected chi connectivity index (χ3v) is 7.05. The maximum absolute atomic E-state index is 12.2. The van der Waals surface area contributed by atoms with Crippen LogP contribution in [0.2, 0.25) is 0 Å². The van der Waals surface area contributed by atoms with Crippen molar-refractivity contribution in [3.63, 3.8) is 0 Å². The van der Waals surface area contributed by atoms with E-state index in [1.807, 2.05) is 50.2 Å². The van der Waals surface area contributed by atoms with E-state index in [1.165, 1.54) is 10.8 Å². The predicted octanol–water partition coefficient (Wildman–Crippen LogP) is 7.63. The van der Waals surface area contributed by atoms with Gasteiger partial charge in [-0.3, -0.25) is 0 Å². The highest BCUT2D eigenvalue weighted by atomic mass is 16.5. The molecule has 1 atom stereocenters. The van der Waals surface area contributed by atoms with Crippen molar-refractivity contribution in [3.05, 3.63) is 120 Å². The molecule has 0 bridgehead atoms. The summed E-state index contributed by atoms with van der Waals surface area (Å²) < 4.78 is 8.45. The van der Waals surface area contributed by atoms with Crippen LogP contribution in [0.5, 0.6) is 5.75 Å². The molecule has 0 saturated heterocycles. The van der Waals surface area contributed by atoms with Crippen LogP contribution in [0.25, 0.3) is 38.3 Å². The number of ether oxygens (including phenoxy) is 1. The third-order valence-electron chi connectivity index (χ3n) is 7.05. The number of hydrogen-bond donors (Lipinski definition) is 1. The SMILES string of the molecule is Cc1cc(-n2c3ccccc3c3ccccc32)cc(C)c1OC(Cc1ccc2ccccc2c1)C(=O)O. The first-order chi connectivity index (χ1) is 18.0. The number of aliphatic carboxylic acids is 1. The number of rotatable bonds is 6. The lowest BCUT2D eigenvalue weighted by Crippen LogP contribution is -2.30. The fourth-order valence-corrected chi connectivity index (χ4v) is 5.34. The first kappa shape index (κ1) is 22.9. The molecule has 182 valence electrons. The van der Waals surface area contributed by atoms with Gasteiger partial charge in [0.05, 0.1) is 11.0 Å². The van der Waals surface area contributed by atoms with Gasteiger partial charge in [-0.25, -0.2) is 4.79 Å². The fourth-order valence-electron chi connectivity index (χ4n) is 5.34. The zero-order valence-corrected chi connectivity index (χ0v) is 20.8. The van der Waals surface area contributed by atoms with E-state index in [4.69, 9.17) is 4.74 Å². The fraction of sp³-hybridized carbons (Fsp3) is 0.121. The van der Waals surface area contributed by atoms with E-state index >= 15 is 0 Å². The summed E-state index contributed by atoms with van der Waals surface area (Å²) >= 11 is 0. The molecule has 0 aliphatic rings. The van der Waals surface area contributed by atoms with Gasteiger partial charge in [0.25, 0.3) is 0 Å². The van der Waals surface area contributed by atoms with Crippen LogP contribution in [-0.2, 0) is 11.2 Å². The lowest BCUT2D eigenvalue weighted by molar-refractivity contribution is -0.145. The lowest BCUT2D eigenvalue weighted by Gasteiger charge is -2.20. The second-order valence-electron chi connectivity index (χ2n) is 9.61. The number of para-hydroxylation sites is 2. The number of hydrogen-bond acceptors (Lipinski definition) is 2. The summed E-state index contributed by atoms with van der Waals surface area (Å²) in [5, 5.41) is 14.6. The molecule has 0 saturated carbocycles. The molecule has 4 nitrogen and oxygen atoms in total. The van der Waals surface area contributed by atoms with Gasteiger partial charge in [-0.2, -0.15) is 0 Å². The molecule has 6 rings (SSSR count). The van der Waals surface area contributed by atoms with Crippen molar-refractivity contribution in [2.45, 2.75) is 26.4 Å². The Kier molecular flexibility index (Phi) is 5.65. The minimum absolute atomic E-state index is 0.285. The molecule has 6 aromatic rings. The highest BCUT2D eigenvalue weighted by Gasteiger charge is 2.23. The maximum atomic E-state index is 12.2. The van der Waals surface area contributed by atoms with E-state index in [-0.39, 0.29) is 6.42 Å². The van der Waals surface area contributed by atoms with Crippen LogP contribution < -0.4 is 4.74 Å². The molecule has 0 spiro atoms. The molecule has 0 radical (unpaired) electrons. The molecule has 0 amide bonds. The van der Waals surface area contributed by atoms with Gasteiger partial charge in [-0.1, -0.05) is 78.9 Å². The quantitative estimate of drug-likeness (QED) is 0.264. The molecule has 0 aliphatic carbocycles. The van der Waals surface area contributed by atoms with Crippen LogP contribution in [0, 0.1) is 13.8 Å². The van der Waals surface area contributed by atoms with Crippen LogP contribution in [0.4, 0.5) is 0 Å². The standard InChI is InChI=1S/C33H27NO3/c1-21-17-26(34-29-13-7-5-11-27(29)28-12-6-8-14-30(28)34)18-22(2)32(21)37-31(33(35)36)20-23-15-16-24-9-3-4-10-25(24)19-23/h3-19,31H,20H2,1-2H3,(H,35,36). The molecule has 37 heavy (non-hydrogen) atoms. The molecule has 0 aliphatic heterocycles. The molecule has 0 fully saturated rings. The topological polar surface area (TPSA) is 51.5 Å². The number of aromatic nitrogens is 1. The monoisotopic (exact) mass is 485 g/mol. The minimum Gasteiger partial charge on any atom is -0.478 e. The third kappa shape index (κ3) is 4.11. The van der Waals surface area contributed by atoms with E-state index < -0.39 is 12.1 Å². The molecule has 1 N–H and O–H groups in total. The minimum atomic E-state index is -0.988. The van der Waals surface area contributed by atoms with Gasteiger partial charge in [-0.05, 0) is 65.6 Å². The number of carbonyl (C=O) groups is 1. The molecular weight excluding hydrogens is 458 g/mol. The van der Waals surface area contributed by atoms with Crippen molar-refractivity contribution in [3.8, 4) is 11.4 Å². The van der Waals surface area contributed by atoms with Crippen molar-refractivity contribution in [1.82, 2.24) is 4.57 Å². The van der Waals surface area contributed by atoms with Gasteiger partial charge in [0.15, 0.2) is 6.10 Å². The average Bonchev–Trinajstić information content (AvgIpc) is 3.24. The van der Waals surface area contributed by atoms with Gasteiger partial charge < -0.3 is 14.4 Å². The van der Waals surface area contributed by atoms with E-state index in [0.29, 0.717) is 5.75 Å². The Bertz CT molecular complexity index is 1720. The van der Waals surface area contributed by atoms with Gasteiger partial charge in [0, 0.05) is 22.9 Å². The number of carboxylic acid groups (broad SMARTS) is 1. The Morgan fingerprint density at radius 1 is 0.757 bits per heavy atom. The number of benzene rings is 5. The zero-order valence-electron chi connectivity index (χ0n) is 20.8. The average molecular weight is 486 g/mol. The molecule has 1 heterocycles.